The van der Waals surface area contributed by atoms with E-state index >= 15 is 0 Å². The molecule has 0 spiro atoms. The average Bonchev–Trinajstić information content (AvgIpc) is 3.04. The molecule has 0 aliphatic heterocycles. The summed E-state index contributed by atoms with van der Waals surface area (Å²) in [5, 5.41) is 10.9. The summed E-state index contributed by atoms with van der Waals surface area (Å²) in [4.78, 5) is 19.8. The van der Waals surface area contributed by atoms with Crippen LogP contribution >= 0.6 is 11.6 Å². The van der Waals surface area contributed by atoms with Gasteiger partial charge in [0, 0.05) is 23.0 Å². The molecule has 0 amide bonds. The van der Waals surface area contributed by atoms with E-state index in [1.54, 1.807) is 24.3 Å². The minimum atomic E-state index is -0.920. The molecular formula is C16H11ClN2O3. The number of carbonyl (C=O) groups is 1. The van der Waals surface area contributed by atoms with Crippen molar-refractivity contribution in [3.8, 4) is 0 Å². The fourth-order valence-electron chi connectivity index (χ4n) is 2.04. The third kappa shape index (κ3) is 2.90. The smallest absolute Gasteiger partial charge is 0.231 e. The molecule has 1 atom stereocenters. The second kappa shape index (κ2) is 6.09. The van der Waals surface area contributed by atoms with E-state index in [1.807, 2.05) is 0 Å². The lowest BCUT2D eigenvalue weighted by molar-refractivity contribution is 0.101. The van der Waals surface area contributed by atoms with Gasteiger partial charge in [-0.25, -0.2) is 9.97 Å². The summed E-state index contributed by atoms with van der Waals surface area (Å²) < 4.78 is 5.26. The van der Waals surface area contributed by atoms with Gasteiger partial charge in [-0.2, -0.15) is 0 Å². The standard InChI is InChI=1S/C16H11ClN2O3/c17-13-3-1-2-10(4-13)15(20)11-5-14(22-8-11)16(21)12-6-18-9-19-7-12/h1-9,15,20H/t15-/m1/s1. The lowest BCUT2D eigenvalue weighted by Gasteiger charge is -2.08. The Labute approximate surface area is 131 Å². The Morgan fingerprint density at radius 1 is 1.18 bits per heavy atom. The molecule has 0 unspecified atom stereocenters. The Kier molecular flexibility index (Phi) is 4.00. The van der Waals surface area contributed by atoms with Crippen molar-refractivity contribution in [3.63, 3.8) is 0 Å². The SMILES string of the molecule is O=C(c1cncnc1)c1cc([C@H](O)c2cccc(Cl)c2)co1. The second-order valence-corrected chi connectivity index (χ2v) is 5.09. The zero-order chi connectivity index (χ0) is 15.5. The lowest BCUT2D eigenvalue weighted by Crippen LogP contribution is -2.01. The molecule has 0 aliphatic rings. The largest absolute Gasteiger partial charge is 0.460 e. The molecule has 110 valence electrons. The summed E-state index contributed by atoms with van der Waals surface area (Å²) in [6.45, 7) is 0. The minimum Gasteiger partial charge on any atom is -0.460 e. The van der Waals surface area contributed by atoms with Crippen molar-refractivity contribution in [1.82, 2.24) is 9.97 Å². The van der Waals surface area contributed by atoms with Crippen molar-refractivity contribution < 1.29 is 14.3 Å². The molecular weight excluding hydrogens is 304 g/mol. The average molecular weight is 315 g/mol. The minimum absolute atomic E-state index is 0.117. The summed E-state index contributed by atoms with van der Waals surface area (Å²) >= 11 is 5.91. The molecule has 22 heavy (non-hydrogen) atoms. The lowest BCUT2D eigenvalue weighted by atomic mass is 10.0. The summed E-state index contributed by atoms with van der Waals surface area (Å²) in [5.74, 6) is -0.226. The Morgan fingerprint density at radius 3 is 2.68 bits per heavy atom. The summed E-state index contributed by atoms with van der Waals surface area (Å²) in [6, 6.07) is 8.37. The highest BCUT2D eigenvalue weighted by atomic mass is 35.5. The second-order valence-electron chi connectivity index (χ2n) is 4.66. The number of aliphatic hydroxyl groups excluding tert-OH is 1. The maximum absolute atomic E-state index is 12.2. The molecule has 0 radical (unpaired) electrons. The first kappa shape index (κ1) is 14.4. The van der Waals surface area contributed by atoms with Gasteiger partial charge in [0.2, 0.25) is 5.78 Å². The van der Waals surface area contributed by atoms with Crippen molar-refractivity contribution in [2.75, 3.05) is 0 Å². The van der Waals surface area contributed by atoms with E-state index in [0.717, 1.165) is 0 Å². The summed E-state index contributed by atoms with van der Waals surface area (Å²) in [5.41, 5.74) is 1.42. The van der Waals surface area contributed by atoms with Gasteiger partial charge in [0.15, 0.2) is 5.76 Å². The van der Waals surface area contributed by atoms with Crippen LogP contribution in [-0.4, -0.2) is 20.9 Å². The third-order valence-corrected chi connectivity index (χ3v) is 3.38. The number of aromatic nitrogens is 2. The Morgan fingerprint density at radius 2 is 1.95 bits per heavy atom. The fourth-order valence-corrected chi connectivity index (χ4v) is 2.24. The number of nitrogens with zero attached hydrogens (tertiary/aromatic N) is 2. The van der Waals surface area contributed by atoms with Gasteiger partial charge in [0.25, 0.3) is 0 Å². The molecule has 0 saturated heterocycles. The highest BCUT2D eigenvalue weighted by Gasteiger charge is 2.18. The van der Waals surface area contributed by atoms with Gasteiger partial charge in [-0.3, -0.25) is 4.79 Å². The first-order chi connectivity index (χ1) is 10.6. The zero-order valence-corrected chi connectivity index (χ0v) is 12.1. The highest BCUT2D eigenvalue weighted by Crippen LogP contribution is 2.26. The monoisotopic (exact) mass is 314 g/mol. The van der Waals surface area contributed by atoms with Crippen LogP contribution in [0.25, 0.3) is 0 Å². The fraction of sp³-hybridized carbons (Fsp3) is 0.0625. The Bertz CT molecular complexity index is 802. The number of benzene rings is 1. The van der Waals surface area contributed by atoms with Crippen LogP contribution in [0.5, 0.6) is 0 Å². The Balaban J connectivity index is 1.86. The molecule has 2 aromatic heterocycles. The zero-order valence-electron chi connectivity index (χ0n) is 11.3. The van der Waals surface area contributed by atoms with Crippen LogP contribution in [0, 0.1) is 0 Å². The number of aliphatic hydroxyl groups is 1. The topological polar surface area (TPSA) is 76.2 Å². The van der Waals surface area contributed by atoms with E-state index < -0.39 is 6.10 Å². The first-order valence-corrected chi connectivity index (χ1v) is 6.84. The van der Waals surface area contributed by atoms with Crippen molar-refractivity contribution in [2.24, 2.45) is 0 Å². The molecule has 5 nitrogen and oxygen atoms in total. The van der Waals surface area contributed by atoms with Gasteiger partial charge < -0.3 is 9.52 Å². The van der Waals surface area contributed by atoms with E-state index in [2.05, 4.69) is 9.97 Å². The van der Waals surface area contributed by atoms with Crippen molar-refractivity contribution in [3.05, 3.63) is 82.8 Å². The van der Waals surface area contributed by atoms with Crippen LogP contribution in [0.2, 0.25) is 5.02 Å². The van der Waals surface area contributed by atoms with E-state index in [0.29, 0.717) is 21.7 Å². The molecule has 1 aromatic carbocycles. The maximum atomic E-state index is 12.2. The van der Waals surface area contributed by atoms with Crippen LogP contribution in [0.4, 0.5) is 0 Å². The van der Waals surface area contributed by atoms with Crippen LogP contribution in [0.3, 0.4) is 0 Å². The van der Waals surface area contributed by atoms with Crippen molar-refractivity contribution in [2.45, 2.75) is 6.10 Å². The van der Waals surface area contributed by atoms with Gasteiger partial charge in [-0.15, -0.1) is 0 Å². The van der Waals surface area contributed by atoms with Gasteiger partial charge in [0.05, 0.1) is 11.8 Å². The molecule has 3 rings (SSSR count). The summed E-state index contributed by atoms with van der Waals surface area (Å²) in [7, 11) is 0. The van der Waals surface area contributed by atoms with Gasteiger partial charge in [-0.05, 0) is 23.8 Å². The van der Waals surface area contributed by atoms with Gasteiger partial charge in [-0.1, -0.05) is 23.7 Å². The van der Waals surface area contributed by atoms with Crippen LogP contribution in [0.15, 0.2) is 59.7 Å². The molecule has 0 bridgehead atoms. The van der Waals surface area contributed by atoms with Crippen LogP contribution in [0.1, 0.15) is 33.3 Å². The predicted molar refractivity (Wildman–Crippen MR) is 79.7 cm³/mol. The number of carbonyl (C=O) groups excluding carboxylic acids is 1. The molecule has 3 aromatic rings. The van der Waals surface area contributed by atoms with E-state index in [1.165, 1.54) is 31.1 Å². The number of rotatable bonds is 4. The molecule has 2 heterocycles. The quantitative estimate of drug-likeness (QED) is 0.749. The number of hydrogen-bond acceptors (Lipinski definition) is 5. The molecule has 1 N–H and O–H groups in total. The van der Waals surface area contributed by atoms with E-state index in [9.17, 15) is 9.90 Å². The summed E-state index contributed by atoms with van der Waals surface area (Å²) in [6.07, 6.45) is 4.59. The van der Waals surface area contributed by atoms with Crippen molar-refractivity contribution >= 4 is 17.4 Å². The number of ketones is 1. The first-order valence-electron chi connectivity index (χ1n) is 6.47. The van der Waals surface area contributed by atoms with Crippen LogP contribution < -0.4 is 0 Å². The molecule has 6 heteroatoms. The highest BCUT2D eigenvalue weighted by molar-refractivity contribution is 6.30. The number of hydrogen-bond donors (Lipinski definition) is 1. The molecule has 0 aliphatic carbocycles. The predicted octanol–water partition coefficient (Wildman–Crippen LogP) is 3.04. The normalized spacial score (nSPS) is 12.1. The maximum Gasteiger partial charge on any atom is 0.231 e. The van der Waals surface area contributed by atoms with E-state index in [-0.39, 0.29) is 11.5 Å². The van der Waals surface area contributed by atoms with Gasteiger partial charge >= 0.3 is 0 Å². The number of halogens is 1. The third-order valence-electron chi connectivity index (χ3n) is 3.15. The molecule has 0 saturated carbocycles. The van der Waals surface area contributed by atoms with Crippen molar-refractivity contribution in [1.29, 1.82) is 0 Å². The molecule has 0 fully saturated rings. The van der Waals surface area contributed by atoms with E-state index in [4.69, 9.17) is 16.0 Å². The number of furan rings is 1. The van der Waals surface area contributed by atoms with Gasteiger partial charge in [0.1, 0.15) is 12.4 Å². The van der Waals surface area contributed by atoms with Crippen LogP contribution in [-0.2, 0) is 0 Å². The Hall–Kier alpha value is -2.50.